The fourth-order valence-corrected chi connectivity index (χ4v) is 1.22. The van der Waals surface area contributed by atoms with Gasteiger partial charge in [-0.3, -0.25) is 0 Å². The summed E-state index contributed by atoms with van der Waals surface area (Å²) in [5.74, 6) is 0.319. The van der Waals surface area contributed by atoms with E-state index in [1.165, 1.54) is 24.4 Å². The van der Waals surface area contributed by atoms with Gasteiger partial charge in [0, 0.05) is 24.0 Å². The van der Waals surface area contributed by atoms with E-state index < -0.39 is 5.82 Å². The average molecular weight is 219 g/mol. The van der Waals surface area contributed by atoms with Gasteiger partial charge in [-0.1, -0.05) is 0 Å². The summed E-state index contributed by atoms with van der Waals surface area (Å²) in [5.41, 5.74) is 11.2. The molecule has 0 bridgehead atoms. The van der Waals surface area contributed by atoms with Crippen molar-refractivity contribution in [3.63, 3.8) is 0 Å². The first kappa shape index (κ1) is 10.2. The van der Waals surface area contributed by atoms with Gasteiger partial charge in [-0.05, 0) is 18.2 Å². The number of nitrogens with two attached hydrogens (primary N) is 2. The number of ether oxygens (including phenoxy) is 1. The van der Waals surface area contributed by atoms with E-state index in [1.54, 1.807) is 12.1 Å². The van der Waals surface area contributed by atoms with E-state index >= 15 is 0 Å². The lowest BCUT2D eigenvalue weighted by atomic mass is 10.3. The summed E-state index contributed by atoms with van der Waals surface area (Å²) in [7, 11) is 0. The Morgan fingerprint density at radius 3 is 2.62 bits per heavy atom. The molecule has 0 saturated carbocycles. The molecule has 16 heavy (non-hydrogen) atoms. The molecule has 4 N–H and O–H groups in total. The van der Waals surface area contributed by atoms with E-state index in [4.69, 9.17) is 16.2 Å². The number of rotatable bonds is 2. The first-order chi connectivity index (χ1) is 7.65. The predicted octanol–water partition coefficient (Wildman–Crippen LogP) is 2.18. The van der Waals surface area contributed by atoms with E-state index in [9.17, 15) is 4.39 Å². The van der Waals surface area contributed by atoms with Crippen LogP contribution < -0.4 is 16.2 Å². The summed E-state index contributed by atoms with van der Waals surface area (Å²) in [6, 6.07) is 7.31. The van der Waals surface area contributed by atoms with Crippen LogP contribution in [0.5, 0.6) is 11.5 Å². The van der Waals surface area contributed by atoms with Gasteiger partial charge in [0.1, 0.15) is 11.6 Å². The van der Waals surface area contributed by atoms with Gasteiger partial charge in [-0.15, -0.1) is 0 Å². The molecular weight excluding hydrogens is 209 g/mol. The van der Waals surface area contributed by atoms with Gasteiger partial charge in [0.25, 0.3) is 0 Å². The number of hydrogen-bond donors (Lipinski definition) is 2. The second-order valence-electron chi connectivity index (χ2n) is 3.21. The summed E-state index contributed by atoms with van der Waals surface area (Å²) in [4.78, 5) is 3.80. The van der Waals surface area contributed by atoms with Gasteiger partial charge in [-0.2, -0.15) is 0 Å². The van der Waals surface area contributed by atoms with Crippen molar-refractivity contribution in [3.05, 3.63) is 42.3 Å². The lowest BCUT2D eigenvalue weighted by Crippen LogP contribution is -1.93. The fourth-order valence-electron chi connectivity index (χ4n) is 1.22. The number of nitrogen functional groups attached to an aromatic ring is 2. The standard InChI is InChI=1S/C11H10FN3O/c12-9-5-7(13)1-2-10(9)16-8-3-4-15-11(14)6-8/h1-6H,13H2,(H2,14,15). The number of nitrogens with zero attached hydrogens (tertiary/aromatic N) is 1. The van der Waals surface area contributed by atoms with Gasteiger partial charge in [-0.25, -0.2) is 9.37 Å². The minimum atomic E-state index is -0.518. The molecule has 0 fully saturated rings. The summed E-state index contributed by atoms with van der Waals surface area (Å²) in [6.45, 7) is 0. The highest BCUT2D eigenvalue weighted by atomic mass is 19.1. The van der Waals surface area contributed by atoms with Gasteiger partial charge in [0.05, 0.1) is 0 Å². The zero-order chi connectivity index (χ0) is 11.5. The Balaban J connectivity index is 2.27. The quantitative estimate of drug-likeness (QED) is 0.759. The maximum atomic E-state index is 13.4. The van der Waals surface area contributed by atoms with Gasteiger partial charge in [0.2, 0.25) is 0 Å². The maximum Gasteiger partial charge on any atom is 0.167 e. The molecule has 0 spiro atoms. The van der Waals surface area contributed by atoms with E-state index in [-0.39, 0.29) is 5.75 Å². The van der Waals surface area contributed by atoms with Crippen LogP contribution in [-0.4, -0.2) is 4.98 Å². The molecule has 0 saturated heterocycles. The molecule has 82 valence electrons. The molecule has 0 aliphatic heterocycles. The second-order valence-corrected chi connectivity index (χ2v) is 3.21. The van der Waals surface area contributed by atoms with Crippen LogP contribution in [0.1, 0.15) is 0 Å². The first-order valence-electron chi connectivity index (χ1n) is 4.59. The lowest BCUT2D eigenvalue weighted by molar-refractivity contribution is 0.442. The molecule has 4 nitrogen and oxygen atoms in total. The van der Waals surface area contributed by atoms with Crippen LogP contribution in [0.4, 0.5) is 15.9 Å². The third kappa shape index (κ3) is 2.20. The Kier molecular flexibility index (Phi) is 2.59. The first-order valence-corrected chi connectivity index (χ1v) is 4.59. The molecule has 1 heterocycles. The number of hydrogen-bond acceptors (Lipinski definition) is 4. The summed E-state index contributed by atoms with van der Waals surface area (Å²) < 4.78 is 18.7. The molecule has 0 aliphatic rings. The van der Waals surface area contributed by atoms with E-state index in [1.807, 2.05) is 0 Å². The number of anilines is 2. The molecular formula is C11H10FN3O. The van der Waals surface area contributed by atoms with Crippen molar-refractivity contribution >= 4 is 11.5 Å². The van der Waals surface area contributed by atoms with Crippen LogP contribution >= 0.6 is 0 Å². The Hall–Kier alpha value is -2.30. The van der Waals surface area contributed by atoms with E-state index in [2.05, 4.69) is 4.98 Å². The predicted molar refractivity (Wildman–Crippen MR) is 59.5 cm³/mol. The minimum absolute atomic E-state index is 0.0970. The van der Waals surface area contributed by atoms with Gasteiger partial charge >= 0.3 is 0 Å². The van der Waals surface area contributed by atoms with E-state index in [0.717, 1.165) is 0 Å². The molecule has 0 amide bonds. The average Bonchev–Trinajstić information content (AvgIpc) is 2.22. The van der Waals surface area contributed by atoms with Crippen molar-refractivity contribution < 1.29 is 9.13 Å². The summed E-state index contributed by atoms with van der Waals surface area (Å²) in [6.07, 6.45) is 1.49. The zero-order valence-corrected chi connectivity index (χ0v) is 8.35. The van der Waals surface area contributed by atoms with Crippen molar-refractivity contribution in [1.82, 2.24) is 4.98 Å². The molecule has 2 rings (SSSR count). The zero-order valence-electron chi connectivity index (χ0n) is 8.35. The van der Waals surface area contributed by atoms with Crippen LogP contribution in [0.15, 0.2) is 36.5 Å². The van der Waals surface area contributed by atoms with Crippen molar-refractivity contribution in [3.8, 4) is 11.5 Å². The van der Waals surface area contributed by atoms with Crippen LogP contribution in [0.2, 0.25) is 0 Å². The molecule has 5 heteroatoms. The summed E-state index contributed by atoms with van der Waals surface area (Å²) >= 11 is 0. The Labute approximate surface area is 91.7 Å². The fraction of sp³-hybridized carbons (Fsp3) is 0. The monoisotopic (exact) mass is 219 g/mol. The molecule has 0 unspecified atom stereocenters. The number of pyridine rings is 1. The molecule has 1 aromatic heterocycles. The van der Waals surface area contributed by atoms with Crippen molar-refractivity contribution in [2.75, 3.05) is 11.5 Å². The lowest BCUT2D eigenvalue weighted by Gasteiger charge is -2.07. The van der Waals surface area contributed by atoms with Gasteiger partial charge < -0.3 is 16.2 Å². The normalized spacial score (nSPS) is 10.1. The van der Waals surface area contributed by atoms with Crippen LogP contribution in [-0.2, 0) is 0 Å². The molecule has 2 aromatic rings. The van der Waals surface area contributed by atoms with Crippen LogP contribution in [0.3, 0.4) is 0 Å². The Morgan fingerprint density at radius 2 is 1.94 bits per heavy atom. The number of halogens is 1. The van der Waals surface area contributed by atoms with Crippen molar-refractivity contribution in [2.24, 2.45) is 0 Å². The Bertz CT molecular complexity index is 516. The second kappa shape index (κ2) is 4.06. The van der Waals surface area contributed by atoms with Gasteiger partial charge in [0.15, 0.2) is 11.6 Å². The highest BCUT2D eigenvalue weighted by Gasteiger charge is 2.05. The topological polar surface area (TPSA) is 74.2 Å². The third-order valence-electron chi connectivity index (χ3n) is 1.94. The SMILES string of the molecule is Nc1ccc(Oc2ccnc(N)c2)c(F)c1. The minimum Gasteiger partial charge on any atom is -0.454 e. The van der Waals surface area contributed by atoms with Crippen LogP contribution in [0, 0.1) is 5.82 Å². The van der Waals surface area contributed by atoms with Crippen molar-refractivity contribution in [2.45, 2.75) is 0 Å². The highest BCUT2D eigenvalue weighted by Crippen LogP contribution is 2.26. The molecule has 0 atom stereocenters. The largest absolute Gasteiger partial charge is 0.454 e. The van der Waals surface area contributed by atoms with Crippen LogP contribution in [0.25, 0.3) is 0 Å². The smallest absolute Gasteiger partial charge is 0.167 e. The third-order valence-corrected chi connectivity index (χ3v) is 1.94. The maximum absolute atomic E-state index is 13.4. The number of aromatic nitrogens is 1. The Morgan fingerprint density at radius 1 is 1.12 bits per heavy atom. The number of benzene rings is 1. The molecule has 0 radical (unpaired) electrons. The van der Waals surface area contributed by atoms with E-state index in [0.29, 0.717) is 17.3 Å². The summed E-state index contributed by atoms with van der Waals surface area (Å²) in [5, 5.41) is 0. The molecule has 1 aromatic carbocycles. The highest BCUT2D eigenvalue weighted by molar-refractivity contribution is 5.45. The van der Waals surface area contributed by atoms with Crippen molar-refractivity contribution in [1.29, 1.82) is 0 Å². The molecule has 0 aliphatic carbocycles.